The smallest absolute Gasteiger partial charge is 0.268 e. The third-order valence-electron chi connectivity index (χ3n) is 6.47. The van der Waals surface area contributed by atoms with E-state index in [1.54, 1.807) is 18.9 Å². The number of fused-ring (bicyclic) bond motifs is 1. The van der Waals surface area contributed by atoms with Gasteiger partial charge in [0.05, 0.1) is 17.5 Å². The van der Waals surface area contributed by atoms with Gasteiger partial charge in [0.15, 0.2) is 0 Å². The Morgan fingerprint density at radius 2 is 1.91 bits per heavy atom. The van der Waals surface area contributed by atoms with Crippen molar-refractivity contribution in [2.45, 2.75) is 61.4 Å². The number of hydrogen-bond acceptors (Lipinski definition) is 4. The average molecular weight is 486 g/mol. The molecular formula is C26H32ClN3O2S. The number of halogens is 1. The molecule has 176 valence electrons. The molecule has 1 aliphatic heterocycles. The number of aromatic nitrogens is 1. The lowest BCUT2D eigenvalue weighted by Gasteiger charge is -2.39. The molecule has 2 heterocycles. The molecule has 7 heteroatoms. The van der Waals surface area contributed by atoms with E-state index in [1.807, 2.05) is 42.5 Å². The topological polar surface area (TPSA) is 57.4 Å². The normalized spacial score (nSPS) is 19.0. The van der Waals surface area contributed by atoms with Gasteiger partial charge in [0.25, 0.3) is 5.91 Å². The van der Waals surface area contributed by atoms with E-state index in [2.05, 4.69) is 29.0 Å². The van der Waals surface area contributed by atoms with E-state index in [0.29, 0.717) is 29.3 Å². The van der Waals surface area contributed by atoms with Crippen LogP contribution in [-0.4, -0.2) is 48.1 Å². The first-order valence-corrected chi connectivity index (χ1v) is 12.8. The highest BCUT2D eigenvalue weighted by Crippen LogP contribution is 2.38. The number of rotatable bonds is 8. The Kier molecular flexibility index (Phi) is 7.89. The van der Waals surface area contributed by atoms with Crippen molar-refractivity contribution in [2.24, 2.45) is 0 Å². The van der Waals surface area contributed by atoms with Crippen molar-refractivity contribution >= 4 is 40.2 Å². The number of H-pyrrole nitrogens is 1. The van der Waals surface area contributed by atoms with Crippen LogP contribution >= 0.6 is 23.4 Å². The fourth-order valence-corrected chi connectivity index (χ4v) is 5.80. The molecule has 1 fully saturated rings. The van der Waals surface area contributed by atoms with Crippen molar-refractivity contribution in [3.8, 4) is 5.75 Å². The van der Waals surface area contributed by atoms with Crippen molar-refractivity contribution in [3.63, 3.8) is 0 Å². The van der Waals surface area contributed by atoms with Crippen LogP contribution in [-0.2, 0) is 0 Å². The van der Waals surface area contributed by atoms with Gasteiger partial charge in [0, 0.05) is 46.5 Å². The molecule has 1 aromatic heterocycles. The van der Waals surface area contributed by atoms with E-state index < -0.39 is 0 Å². The molecule has 1 amide bonds. The summed E-state index contributed by atoms with van der Waals surface area (Å²) in [7, 11) is 1.64. The lowest BCUT2D eigenvalue weighted by Crippen LogP contribution is -2.44. The van der Waals surface area contributed by atoms with Crippen LogP contribution in [0.5, 0.6) is 5.75 Å². The maximum absolute atomic E-state index is 13.2. The fraction of sp³-hybridized carbons (Fsp3) is 0.423. The Labute approximate surface area is 205 Å². The number of carbonyl (C=O) groups excluding carboxylic acids is 1. The zero-order valence-corrected chi connectivity index (χ0v) is 21.1. The molecule has 0 saturated carbocycles. The minimum atomic E-state index is -0.0821. The summed E-state index contributed by atoms with van der Waals surface area (Å²) in [6.45, 7) is 6.29. The lowest BCUT2D eigenvalue weighted by molar-refractivity contribution is 0.0919. The van der Waals surface area contributed by atoms with Gasteiger partial charge in [-0.15, -0.1) is 0 Å². The number of aromatic amines is 1. The first kappa shape index (κ1) is 24.0. The molecule has 33 heavy (non-hydrogen) atoms. The molecule has 0 spiro atoms. The molecular weight excluding hydrogens is 454 g/mol. The molecule has 2 atom stereocenters. The number of benzene rings is 2. The van der Waals surface area contributed by atoms with Gasteiger partial charge in [0.1, 0.15) is 11.4 Å². The molecule has 2 N–H and O–H groups in total. The summed E-state index contributed by atoms with van der Waals surface area (Å²) < 4.78 is 5.37. The Morgan fingerprint density at radius 3 is 2.61 bits per heavy atom. The second-order valence-electron chi connectivity index (χ2n) is 8.77. The number of hydrogen-bond donors (Lipinski definition) is 2. The van der Waals surface area contributed by atoms with Gasteiger partial charge in [-0.25, -0.2) is 0 Å². The van der Waals surface area contributed by atoms with Crippen LogP contribution in [0.3, 0.4) is 0 Å². The number of ether oxygens (including phenoxy) is 1. The first-order valence-electron chi connectivity index (χ1n) is 11.6. The van der Waals surface area contributed by atoms with Crippen molar-refractivity contribution in [1.82, 2.24) is 15.2 Å². The third-order valence-corrected chi connectivity index (χ3v) is 7.86. The molecule has 0 aliphatic carbocycles. The number of amides is 1. The van der Waals surface area contributed by atoms with Crippen molar-refractivity contribution < 1.29 is 9.53 Å². The predicted octanol–water partition coefficient (Wildman–Crippen LogP) is 6.36. The fourth-order valence-electron chi connectivity index (χ4n) is 4.63. The number of piperidine rings is 1. The Balaban J connectivity index is 1.49. The van der Waals surface area contributed by atoms with Crippen LogP contribution in [0.25, 0.3) is 10.9 Å². The highest BCUT2D eigenvalue weighted by Gasteiger charge is 2.24. The van der Waals surface area contributed by atoms with Crippen LogP contribution in [0.15, 0.2) is 52.3 Å². The lowest BCUT2D eigenvalue weighted by atomic mass is 9.97. The summed E-state index contributed by atoms with van der Waals surface area (Å²) in [6.07, 6.45) is 4.78. The third kappa shape index (κ3) is 5.68. The van der Waals surface area contributed by atoms with E-state index in [1.165, 1.54) is 19.3 Å². The first-order chi connectivity index (χ1) is 16.0. The standard InChI is InChI=1S/C26H32ClN3O2S/c1-17-6-4-7-18(2)30(17)15-5-14-28-26(31)24-25(33-21-11-8-19(27)9-12-21)22-13-10-20(32-3)16-23(22)29-24/h8-13,16-18,29H,4-7,14-15H2,1-3H3,(H,28,31). The minimum Gasteiger partial charge on any atom is -0.497 e. The summed E-state index contributed by atoms with van der Waals surface area (Å²) in [5.74, 6) is 0.671. The van der Waals surface area contributed by atoms with E-state index >= 15 is 0 Å². The molecule has 3 aromatic rings. The molecule has 0 radical (unpaired) electrons. The molecule has 2 aromatic carbocycles. The molecule has 1 aliphatic rings. The van der Waals surface area contributed by atoms with Crippen molar-refractivity contribution in [1.29, 1.82) is 0 Å². The largest absolute Gasteiger partial charge is 0.497 e. The number of nitrogens with zero attached hydrogens (tertiary/aromatic N) is 1. The molecule has 0 bridgehead atoms. The molecule has 4 rings (SSSR count). The van der Waals surface area contributed by atoms with Crippen LogP contribution in [0, 0.1) is 0 Å². The Hall–Kier alpha value is -2.15. The molecule has 1 saturated heterocycles. The average Bonchev–Trinajstić information content (AvgIpc) is 3.17. The maximum atomic E-state index is 13.2. The minimum absolute atomic E-state index is 0.0821. The number of nitrogens with one attached hydrogen (secondary N) is 2. The summed E-state index contributed by atoms with van der Waals surface area (Å²) in [5, 5.41) is 4.82. The number of likely N-dealkylation sites (tertiary alicyclic amines) is 1. The van der Waals surface area contributed by atoms with Gasteiger partial charge < -0.3 is 15.0 Å². The van der Waals surface area contributed by atoms with Gasteiger partial charge in [0.2, 0.25) is 0 Å². The van der Waals surface area contributed by atoms with Gasteiger partial charge >= 0.3 is 0 Å². The summed E-state index contributed by atoms with van der Waals surface area (Å²) in [6, 6.07) is 14.8. The second kappa shape index (κ2) is 10.9. The van der Waals surface area contributed by atoms with E-state index in [9.17, 15) is 4.79 Å². The van der Waals surface area contributed by atoms with E-state index in [-0.39, 0.29) is 5.91 Å². The Morgan fingerprint density at radius 1 is 1.18 bits per heavy atom. The van der Waals surface area contributed by atoms with Gasteiger partial charge in [-0.3, -0.25) is 9.69 Å². The maximum Gasteiger partial charge on any atom is 0.268 e. The summed E-state index contributed by atoms with van der Waals surface area (Å²) in [5.41, 5.74) is 1.46. The van der Waals surface area contributed by atoms with Crippen LogP contribution in [0.2, 0.25) is 5.02 Å². The van der Waals surface area contributed by atoms with Crippen molar-refractivity contribution in [3.05, 3.63) is 53.2 Å². The molecule has 2 unspecified atom stereocenters. The van der Waals surface area contributed by atoms with Crippen LogP contribution in [0.4, 0.5) is 0 Å². The number of methoxy groups -OCH3 is 1. The molecule has 5 nitrogen and oxygen atoms in total. The summed E-state index contributed by atoms with van der Waals surface area (Å²) >= 11 is 7.62. The quantitative estimate of drug-likeness (QED) is 0.364. The second-order valence-corrected chi connectivity index (χ2v) is 10.3. The van der Waals surface area contributed by atoms with E-state index in [0.717, 1.165) is 39.4 Å². The summed E-state index contributed by atoms with van der Waals surface area (Å²) in [4.78, 5) is 21.0. The highest BCUT2D eigenvalue weighted by molar-refractivity contribution is 7.99. The SMILES string of the molecule is COc1ccc2c(Sc3ccc(Cl)cc3)c(C(=O)NCCCN3C(C)CCCC3C)[nH]c2c1. The predicted molar refractivity (Wildman–Crippen MR) is 137 cm³/mol. The van der Waals surface area contributed by atoms with Crippen molar-refractivity contribution in [2.75, 3.05) is 20.2 Å². The van der Waals surface area contributed by atoms with Gasteiger partial charge in [-0.1, -0.05) is 29.8 Å². The van der Waals surface area contributed by atoms with Gasteiger partial charge in [-0.2, -0.15) is 0 Å². The van der Waals surface area contributed by atoms with Crippen LogP contribution in [0.1, 0.15) is 50.0 Å². The number of carbonyl (C=O) groups is 1. The Bertz CT molecular complexity index is 1090. The highest BCUT2D eigenvalue weighted by atomic mass is 35.5. The van der Waals surface area contributed by atoms with Gasteiger partial charge in [-0.05, 0) is 69.5 Å². The zero-order chi connectivity index (χ0) is 23.4. The van der Waals surface area contributed by atoms with E-state index in [4.69, 9.17) is 16.3 Å². The van der Waals surface area contributed by atoms with Crippen LogP contribution < -0.4 is 10.1 Å². The zero-order valence-electron chi connectivity index (χ0n) is 19.5. The monoisotopic (exact) mass is 485 g/mol.